The third-order valence-corrected chi connectivity index (χ3v) is 4.88. The van der Waals surface area contributed by atoms with Crippen molar-refractivity contribution in [1.29, 1.82) is 0 Å². The summed E-state index contributed by atoms with van der Waals surface area (Å²) < 4.78 is 5.63. The Kier molecular flexibility index (Phi) is 4.92. The highest BCUT2D eigenvalue weighted by atomic mass is 16.5. The summed E-state index contributed by atoms with van der Waals surface area (Å²) in [4.78, 5) is 28.2. The summed E-state index contributed by atoms with van der Waals surface area (Å²) >= 11 is 0. The molecule has 6 heteroatoms. The molecule has 2 aliphatic rings. The zero-order valence-corrected chi connectivity index (χ0v) is 14.4. The predicted octanol–water partition coefficient (Wildman–Crippen LogP) is 2.10. The Bertz CT molecular complexity index is 620. The van der Waals surface area contributed by atoms with Gasteiger partial charge in [0, 0.05) is 32.1 Å². The molecule has 1 N–H and O–H groups in total. The van der Waals surface area contributed by atoms with Crippen LogP contribution in [-0.4, -0.2) is 49.5 Å². The van der Waals surface area contributed by atoms with Crippen LogP contribution in [-0.2, 0) is 9.59 Å². The largest absolute Gasteiger partial charge is 0.479 e. The molecule has 0 spiro atoms. The maximum Gasteiger partial charge on any atom is 0.262 e. The second-order valence-corrected chi connectivity index (χ2v) is 6.32. The van der Waals surface area contributed by atoms with Crippen LogP contribution < -0.4 is 15.0 Å². The molecule has 1 saturated heterocycles. The van der Waals surface area contributed by atoms with Gasteiger partial charge in [-0.15, -0.1) is 0 Å². The summed E-state index contributed by atoms with van der Waals surface area (Å²) in [6.07, 6.45) is 1.80. The van der Waals surface area contributed by atoms with Gasteiger partial charge in [0.25, 0.3) is 5.91 Å². The molecule has 0 radical (unpaired) electrons. The summed E-state index contributed by atoms with van der Waals surface area (Å²) in [5, 5.41) is 2.84. The molecule has 0 aliphatic carbocycles. The Balaban J connectivity index is 1.69. The summed E-state index contributed by atoms with van der Waals surface area (Å²) in [6.45, 7) is 7.21. The van der Waals surface area contributed by atoms with Crippen molar-refractivity contribution in [3.8, 4) is 5.75 Å². The number of para-hydroxylation sites is 1. The van der Waals surface area contributed by atoms with Gasteiger partial charge in [0.1, 0.15) is 0 Å². The van der Waals surface area contributed by atoms with Crippen LogP contribution in [0.2, 0.25) is 0 Å². The summed E-state index contributed by atoms with van der Waals surface area (Å²) in [5.41, 5.74) is 1.71. The summed E-state index contributed by atoms with van der Waals surface area (Å²) in [5.74, 6) is 1.02. The Morgan fingerprint density at radius 3 is 2.58 bits per heavy atom. The molecule has 2 heterocycles. The third-order valence-electron chi connectivity index (χ3n) is 4.88. The molecular formula is C18H25N3O3. The van der Waals surface area contributed by atoms with Gasteiger partial charge in [0.2, 0.25) is 5.91 Å². The molecule has 1 aromatic carbocycles. The molecular weight excluding hydrogens is 306 g/mol. The first-order valence-electron chi connectivity index (χ1n) is 8.73. The topological polar surface area (TPSA) is 61.9 Å². The van der Waals surface area contributed by atoms with Gasteiger partial charge in [-0.1, -0.05) is 19.9 Å². The highest BCUT2D eigenvalue weighted by Crippen LogP contribution is 2.38. The number of carbonyl (C=O) groups is 2. The normalized spacial score (nSPS) is 17.4. The molecule has 3 rings (SSSR count). The Labute approximate surface area is 142 Å². The van der Waals surface area contributed by atoms with Crippen LogP contribution in [0.1, 0.15) is 26.7 Å². The van der Waals surface area contributed by atoms with Crippen molar-refractivity contribution in [2.24, 2.45) is 5.92 Å². The fourth-order valence-electron chi connectivity index (χ4n) is 3.41. The van der Waals surface area contributed by atoms with Crippen molar-refractivity contribution in [3.63, 3.8) is 0 Å². The fourth-order valence-corrected chi connectivity index (χ4v) is 3.41. The van der Waals surface area contributed by atoms with Crippen LogP contribution in [0.25, 0.3) is 0 Å². The van der Waals surface area contributed by atoms with E-state index in [0.717, 1.165) is 56.1 Å². The number of benzene rings is 1. The number of nitrogens with one attached hydrogen (secondary N) is 1. The van der Waals surface area contributed by atoms with Crippen LogP contribution in [0.5, 0.6) is 5.75 Å². The van der Waals surface area contributed by atoms with Crippen molar-refractivity contribution in [2.45, 2.75) is 26.7 Å². The number of ether oxygens (including phenoxy) is 1. The average molecular weight is 331 g/mol. The lowest BCUT2D eigenvalue weighted by Gasteiger charge is -2.38. The molecule has 2 aliphatic heterocycles. The quantitative estimate of drug-likeness (QED) is 0.918. The van der Waals surface area contributed by atoms with Gasteiger partial charge in [-0.25, -0.2) is 0 Å². The molecule has 0 bridgehead atoms. The smallest absolute Gasteiger partial charge is 0.262 e. The number of piperazine rings is 1. The van der Waals surface area contributed by atoms with Crippen molar-refractivity contribution < 1.29 is 14.3 Å². The summed E-state index contributed by atoms with van der Waals surface area (Å²) in [6, 6.07) is 5.78. The van der Waals surface area contributed by atoms with Gasteiger partial charge in [0.05, 0.1) is 11.4 Å². The van der Waals surface area contributed by atoms with Crippen LogP contribution in [0.4, 0.5) is 11.4 Å². The Morgan fingerprint density at radius 2 is 1.92 bits per heavy atom. The van der Waals surface area contributed by atoms with Crippen molar-refractivity contribution in [1.82, 2.24) is 4.90 Å². The lowest BCUT2D eigenvalue weighted by atomic mass is 10.0. The SMILES string of the molecule is CCC(CC)C(=O)N1CCN(c2cccc3c2OCC(=O)N3)CC1. The van der Waals surface area contributed by atoms with E-state index in [0.29, 0.717) is 0 Å². The van der Waals surface area contributed by atoms with Gasteiger partial charge >= 0.3 is 0 Å². The fraction of sp³-hybridized carbons (Fsp3) is 0.556. The Hall–Kier alpha value is -2.24. The summed E-state index contributed by atoms with van der Waals surface area (Å²) in [7, 11) is 0. The van der Waals surface area contributed by atoms with E-state index < -0.39 is 0 Å². The van der Waals surface area contributed by atoms with Gasteiger partial charge in [-0.05, 0) is 25.0 Å². The second-order valence-electron chi connectivity index (χ2n) is 6.32. The van der Waals surface area contributed by atoms with E-state index in [1.165, 1.54) is 0 Å². The first-order valence-corrected chi connectivity index (χ1v) is 8.73. The van der Waals surface area contributed by atoms with Crippen molar-refractivity contribution >= 4 is 23.2 Å². The number of nitrogens with zero attached hydrogens (tertiary/aromatic N) is 2. The van der Waals surface area contributed by atoms with Crippen LogP contribution in [0, 0.1) is 5.92 Å². The lowest BCUT2D eigenvalue weighted by molar-refractivity contribution is -0.136. The van der Waals surface area contributed by atoms with E-state index in [1.54, 1.807) is 0 Å². The third kappa shape index (κ3) is 3.18. The van der Waals surface area contributed by atoms with E-state index >= 15 is 0 Å². The van der Waals surface area contributed by atoms with E-state index in [1.807, 2.05) is 23.1 Å². The van der Waals surface area contributed by atoms with Crippen molar-refractivity contribution in [2.75, 3.05) is 43.0 Å². The molecule has 0 unspecified atom stereocenters. The van der Waals surface area contributed by atoms with Crippen LogP contribution in [0.15, 0.2) is 18.2 Å². The number of rotatable bonds is 4. The number of anilines is 2. The molecule has 0 aromatic heterocycles. The maximum absolute atomic E-state index is 12.5. The number of amides is 2. The van der Waals surface area contributed by atoms with Crippen molar-refractivity contribution in [3.05, 3.63) is 18.2 Å². The zero-order chi connectivity index (χ0) is 17.1. The highest BCUT2D eigenvalue weighted by molar-refractivity contribution is 5.97. The first-order chi connectivity index (χ1) is 11.6. The maximum atomic E-state index is 12.5. The van der Waals surface area contributed by atoms with Gasteiger partial charge in [0.15, 0.2) is 12.4 Å². The molecule has 130 valence electrons. The first kappa shape index (κ1) is 16.6. The highest BCUT2D eigenvalue weighted by Gasteiger charge is 2.28. The second kappa shape index (κ2) is 7.11. The van der Waals surface area contributed by atoms with E-state index in [9.17, 15) is 9.59 Å². The monoisotopic (exact) mass is 331 g/mol. The average Bonchev–Trinajstić information content (AvgIpc) is 2.62. The number of carbonyl (C=O) groups excluding carboxylic acids is 2. The molecule has 0 saturated carbocycles. The molecule has 2 amide bonds. The standard InChI is InChI=1S/C18H25N3O3/c1-3-13(4-2)18(23)21-10-8-20(9-11-21)15-7-5-6-14-17(15)24-12-16(22)19-14/h5-7,13H,3-4,8-12H2,1-2H3,(H,19,22). The number of fused-ring (bicyclic) bond motifs is 1. The van der Waals surface area contributed by atoms with E-state index in [4.69, 9.17) is 4.74 Å². The predicted molar refractivity (Wildman–Crippen MR) is 93.4 cm³/mol. The van der Waals surface area contributed by atoms with Gasteiger partial charge in [-0.3, -0.25) is 9.59 Å². The number of hydrogen-bond acceptors (Lipinski definition) is 4. The zero-order valence-electron chi connectivity index (χ0n) is 14.4. The number of hydrogen-bond donors (Lipinski definition) is 1. The molecule has 6 nitrogen and oxygen atoms in total. The van der Waals surface area contributed by atoms with E-state index in [-0.39, 0.29) is 24.3 Å². The molecule has 1 fully saturated rings. The molecule has 24 heavy (non-hydrogen) atoms. The molecule has 1 aromatic rings. The lowest BCUT2D eigenvalue weighted by Crippen LogP contribution is -2.50. The van der Waals surface area contributed by atoms with Gasteiger partial charge in [-0.2, -0.15) is 0 Å². The minimum atomic E-state index is -0.125. The minimum absolute atomic E-state index is 0.0527. The van der Waals surface area contributed by atoms with Gasteiger partial charge < -0.3 is 19.9 Å². The molecule has 0 atom stereocenters. The van der Waals surface area contributed by atoms with E-state index in [2.05, 4.69) is 24.1 Å². The minimum Gasteiger partial charge on any atom is -0.479 e. The Morgan fingerprint density at radius 1 is 1.21 bits per heavy atom. The van der Waals surface area contributed by atoms with Crippen LogP contribution >= 0.6 is 0 Å². The van der Waals surface area contributed by atoms with Crippen LogP contribution in [0.3, 0.4) is 0 Å².